The van der Waals surface area contributed by atoms with E-state index in [-0.39, 0.29) is 6.04 Å². The van der Waals surface area contributed by atoms with Gasteiger partial charge in [0, 0.05) is 6.04 Å². The lowest BCUT2D eigenvalue weighted by molar-refractivity contribution is -0.144. The number of unbranched alkanes of at least 4 members (excludes halogenated alkanes) is 5. The summed E-state index contributed by atoms with van der Waals surface area (Å²) in [5, 5.41) is 9.51. The van der Waals surface area contributed by atoms with Crippen LogP contribution in [0.4, 0.5) is 0 Å². The zero-order valence-electron chi connectivity index (χ0n) is 14.3. The van der Waals surface area contributed by atoms with E-state index in [0.29, 0.717) is 19.3 Å². The maximum atomic E-state index is 11.6. The van der Waals surface area contributed by atoms with Gasteiger partial charge in [0.2, 0.25) is 0 Å². The molecule has 1 aromatic rings. The van der Waals surface area contributed by atoms with Gasteiger partial charge in [0.1, 0.15) is 5.54 Å². The first-order valence-corrected chi connectivity index (χ1v) is 8.79. The predicted molar refractivity (Wildman–Crippen MR) is 95.3 cm³/mol. The van der Waals surface area contributed by atoms with Crippen molar-refractivity contribution in [2.45, 2.75) is 76.3 Å². The van der Waals surface area contributed by atoms with Gasteiger partial charge in [-0.05, 0) is 24.8 Å². The van der Waals surface area contributed by atoms with Crippen molar-refractivity contribution in [3.8, 4) is 0 Å². The fraction of sp³-hybridized carbons (Fsp3) is 0.632. The number of carbonyl (C=O) groups is 1. The van der Waals surface area contributed by atoms with Crippen molar-refractivity contribution in [2.75, 3.05) is 0 Å². The van der Waals surface area contributed by atoms with Crippen LogP contribution in [0.1, 0.15) is 63.9 Å². The molecule has 2 atom stereocenters. The average Bonchev–Trinajstić information content (AvgIpc) is 2.51. The van der Waals surface area contributed by atoms with Crippen molar-refractivity contribution in [1.82, 2.24) is 0 Å². The highest BCUT2D eigenvalue weighted by atomic mass is 16.4. The lowest BCUT2D eigenvalue weighted by Crippen LogP contribution is -2.52. The first-order valence-electron chi connectivity index (χ1n) is 8.79. The molecule has 0 aromatic heterocycles. The Kier molecular flexibility index (Phi) is 8.89. The summed E-state index contributed by atoms with van der Waals surface area (Å²) < 4.78 is 0. The van der Waals surface area contributed by atoms with Gasteiger partial charge in [-0.2, -0.15) is 0 Å². The first-order chi connectivity index (χ1) is 11.0. The summed E-state index contributed by atoms with van der Waals surface area (Å²) in [6, 6.07) is 9.66. The molecule has 0 aliphatic carbocycles. The van der Waals surface area contributed by atoms with E-state index in [1.165, 1.54) is 19.3 Å². The Hall–Kier alpha value is -1.39. The number of rotatable bonds is 12. The van der Waals surface area contributed by atoms with Crippen LogP contribution in [0, 0.1) is 0 Å². The lowest BCUT2D eigenvalue weighted by Gasteiger charge is -2.28. The van der Waals surface area contributed by atoms with Gasteiger partial charge >= 0.3 is 5.97 Å². The fourth-order valence-corrected chi connectivity index (χ4v) is 2.97. The summed E-state index contributed by atoms with van der Waals surface area (Å²) in [7, 11) is 0. The van der Waals surface area contributed by atoms with Crippen LogP contribution in [0.3, 0.4) is 0 Å². The molecule has 23 heavy (non-hydrogen) atoms. The van der Waals surface area contributed by atoms with E-state index in [1.54, 1.807) is 0 Å². The van der Waals surface area contributed by atoms with Crippen LogP contribution in [-0.2, 0) is 11.2 Å². The third kappa shape index (κ3) is 7.62. The zero-order chi connectivity index (χ0) is 17.1. The van der Waals surface area contributed by atoms with Crippen LogP contribution >= 0.6 is 0 Å². The SMILES string of the molecule is CCCCCCCCC(N)(CC(N)Cc1ccccc1)C(=O)O. The summed E-state index contributed by atoms with van der Waals surface area (Å²) in [6.07, 6.45) is 8.19. The summed E-state index contributed by atoms with van der Waals surface area (Å²) in [4.78, 5) is 11.6. The van der Waals surface area contributed by atoms with Crippen LogP contribution in [0.15, 0.2) is 30.3 Å². The van der Waals surface area contributed by atoms with E-state index < -0.39 is 11.5 Å². The molecule has 130 valence electrons. The minimum absolute atomic E-state index is 0.237. The zero-order valence-corrected chi connectivity index (χ0v) is 14.3. The smallest absolute Gasteiger partial charge is 0.323 e. The van der Waals surface area contributed by atoms with E-state index in [4.69, 9.17) is 11.5 Å². The van der Waals surface area contributed by atoms with Crippen molar-refractivity contribution < 1.29 is 9.90 Å². The summed E-state index contributed by atoms with van der Waals surface area (Å²) in [5.74, 6) is -0.936. The Labute approximate surface area is 140 Å². The van der Waals surface area contributed by atoms with Crippen LogP contribution in [0.5, 0.6) is 0 Å². The number of benzene rings is 1. The number of nitrogens with two attached hydrogens (primary N) is 2. The van der Waals surface area contributed by atoms with E-state index in [1.807, 2.05) is 30.3 Å². The molecule has 1 aromatic carbocycles. The molecule has 0 amide bonds. The van der Waals surface area contributed by atoms with Gasteiger partial charge in [0.25, 0.3) is 0 Å². The molecule has 0 saturated carbocycles. The Bertz CT molecular complexity index is 450. The second kappa shape index (κ2) is 10.4. The quantitative estimate of drug-likeness (QED) is 0.514. The number of hydrogen-bond donors (Lipinski definition) is 3. The van der Waals surface area contributed by atoms with Gasteiger partial charge in [-0.3, -0.25) is 4.79 Å². The Morgan fingerprint density at radius 3 is 2.35 bits per heavy atom. The van der Waals surface area contributed by atoms with E-state index in [0.717, 1.165) is 24.8 Å². The minimum Gasteiger partial charge on any atom is -0.480 e. The van der Waals surface area contributed by atoms with Crippen molar-refractivity contribution in [1.29, 1.82) is 0 Å². The number of aliphatic carboxylic acids is 1. The van der Waals surface area contributed by atoms with Crippen molar-refractivity contribution in [3.05, 3.63) is 35.9 Å². The third-order valence-electron chi connectivity index (χ3n) is 4.37. The summed E-state index contributed by atoms with van der Waals surface area (Å²) in [6.45, 7) is 2.18. The maximum Gasteiger partial charge on any atom is 0.323 e. The predicted octanol–water partition coefficient (Wildman–Crippen LogP) is 3.48. The largest absolute Gasteiger partial charge is 0.480 e. The molecule has 1 rings (SSSR count). The number of hydrogen-bond acceptors (Lipinski definition) is 3. The molecule has 0 bridgehead atoms. The highest BCUT2D eigenvalue weighted by molar-refractivity contribution is 5.78. The van der Waals surface area contributed by atoms with Crippen LogP contribution < -0.4 is 11.5 Å². The monoisotopic (exact) mass is 320 g/mol. The van der Waals surface area contributed by atoms with Crippen molar-refractivity contribution in [2.24, 2.45) is 11.5 Å². The second-order valence-corrected chi connectivity index (χ2v) is 6.63. The molecular weight excluding hydrogens is 288 g/mol. The summed E-state index contributed by atoms with van der Waals surface area (Å²) in [5.41, 5.74) is 12.2. The van der Waals surface area contributed by atoms with E-state index in [9.17, 15) is 9.90 Å². The second-order valence-electron chi connectivity index (χ2n) is 6.63. The third-order valence-corrected chi connectivity index (χ3v) is 4.37. The normalized spacial score (nSPS) is 15.1. The van der Waals surface area contributed by atoms with Gasteiger partial charge in [-0.15, -0.1) is 0 Å². The fourth-order valence-electron chi connectivity index (χ4n) is 2.97. The van der Waals surface area contributed by atoms with Crippen LogP contribution in [0.25, 0.3) is 0 Å². The molecule has 0 spiro atoms. The molecule has 0 aliphatic heterocycles. The average molecular weight is 320 g/mol. The summed E-state index contributed by atoms with van der Waals surface area (Å²) >= 11 is 0. The highest BCUT2D eigenvalue weighted by Gasteiger charge is 2.35. The first kappa shape index (κ1) is 19.7. The van der Waals surface area contributed by atoms with E-state index in [2.05, 4.69) is 6.92 Å². The molecular formula is C19H32N2O2. The molecule has 4 heteroatoms. The number of carboxylic acids is 1. The standard InChI is InChI=1S/C19H32N2O2/c1-2-3-4-5-6-10-13-19(21,18(22)23)15-17(20)14-16-11-8-7-9-12-16/h7-9,11-12,17H,2-6,10,13-15,20-21H2,1H3,(H,22,23). The maximum absolute atomic E-state index is 11.6. The molecule has 0 saturated heterocycles. The van der Waals surface area contributed by atoms with Crippen molar-refractivity contribution >= 4 is 5.97 Å². The molecule has 0 fully saturated rings. The van der Waals surface area contributed by atoms with Crippen molar-refractivity contribution in [3.63, 3.8) is 0 Å². The molecule has 2 unspecified atom stereocenters. The van der Waals surface area contributed by atoms with Crippen LogP contribution in [-0.4, -0.2) is 22.7 Å². The molecule has 0 radical (unpaired) electrons. The van der Waals surface area contributed by atoms with Gasteiger partial charge < -0.3 is 16.6 Å². The molecule has 0 aliphatic rings. The van der Waals surface area contributed by atoms with E-state index >= 15 is 0 Å². The number of carboxylic acid groups (broad SMARTS) is 1. The van der Waals surface area contributed by atoms with Gasteiger partial charge in [-0.1, -0.05) is 75.8 Å². The molecule has 0 heterocycles. The lowest BCUT2D eigenvalue weighted by atomic mass is 9.85. The van der Waals surface area contributed by atoms with Gasteiger partial charge in [0.05, 0.1) is 0 Å². The van der Waals surface area contributed by atoms with Gasteiger partial charge in [-0.25, -0.2) is 0 Å². The molecule has 5 N–H and O–H groups in total. The Morgan fingerprint density at radius 2 is 1.74 bits per heavy atom. The molecule has 4 nitrogen and oxygen atoms in total. The van der Waals surface area contributed by atoms with Gasteiger partial charge in [0.15, 0.2) is 0 Å². The highest BCUT2D eigenvalue weighted by Crippen LogP contribution is 2.21. The van der Waals surface area contributed by atoms with Crippen LogP contribution in [0.2, 0.25) is 0 Å². The Balaban J connectivity index is 2.44. The minimum atomic E-state index is -1.21. The Morgan fingerprint density at radius 1 is 1.13 bits per heavy atom. The topological polar surface area (TPSA) is 89.3 Å².